The molecule has 3 rings (SSSR count). The Morgan fingerprint density at radius 1 is 1.33 bits per heavy atom. The van der Waals surface area contributed by atoms with Crippen molar-refractivity contribution in [3.8, 4) is 17.6 Å². The van der Waals surface area contributed by atoms with E-state index in [1.54, 1.807) is 6.92 Å². The lowest BCUT2D eigenvalue weighted by Gasteiger charge is -2.13. The molecule has 10 nitrogen and oxygen atoms in total. The Morgan fingerprint density at radius 2 is 2.08 bits per heavy atom. The number of fused-ring (bicyclic) bond motifs is 1. The fourth-order valence-corrected chi connectivity index (χ4v) is 5.09. The van der Waals surface area contributed by atoms with Crippen molar-refractivity contribution in [3.63, 3.8) is 0 Å². The highest BCUT2D eigenvalue weighted by Gasteiger charge is 2.28. The second-order valence-electron chi connectivity index (χ2n) is 7.68. The number of nitriles is 1. The van der Waals surface area contributed by atoms with E-state index in [9.17, 15) is 25.0 Å². The number of non-ortho nitro benzene ring substituents is 1. The van der Waals surface area contributed by atoms with Crippen LogP contribution in [0.15, 0.2) is 30.4 Å². The molecule has 0 fully saturated rings. The highest BCUT2D eigenvalue weighted by molar-refractivity contribution is 7.17. The number of nitrogens with one attached hydrogen (secondary N) is 1. The monoisotopic (exact) mass is 511 g/mol. The Labute approximate surface area is 211 Å². The van der Waals surface area contributed by atoms with E-state index in [0.717, 1.165) is 29.7 Å². The van der Waals surface area contributed by atoms with Crippen LogP contribution in [-0.2, 0) is 22.4 Å². The van der Waals surface area contributed by atoms with Crippen LogP contribution in [0.4, 0.5) is 10.7 Å². The fourth-order valence-electron chi connectivity index (χ4n) is 3.82. The van der Waals surface area contributed by atoms with E-state index in [-0.39, 0.29) is 41.5 Å². The molecule has 188 valence electrons. The molecule has 1 heterocycles. The number of nitro groups is 1. The highest BCUT2D eigenvalue weighted by Crippen LogP contribution is 2.40. The first-order valence-electron chi connectivity index (χ1n) is 11.2. The molecule has 1 aliphatic carbocycles. The third kappa shape index (κ3) is 5.72. The van der Waals surface area contributed by atoms with Gasteiger partial charge in [0.15, 0.2) is 11.5 Å². The van der Waals surface area contributed by atoms with Crippen molar-refractivity contribution in [3.05, 3.63) is 62.0 Å². The van der Waals surface area contributed by atoms with E-state index < -0.39 is 16.8 Å². The summed E-state index contributed by atoms with van der Waals surface area (Å²) >= 11 is 1.29. The molecule has 0 bridgehead atoms. The number of methoxy groups -OCH3 is 1. The maximum absolute atomic E-state index is 13.1. The van der Waals surface area contributed by atoms with Crippen LogP contribution >= 0.6 is 11.3 Å². The number of hydrogen-bond acceptors (Lipinski definition) is 9. The Bertz CT molecular complexity index is 1270. The number of thiophene rings is 1. The lowest BCUT2D eigenvalue weighted by molar-refractivity contribution is -0.385. The number of esters is 1. The number of hydrogen-bond donors (Lipinski definition) is 1. The second-order valence-corrected chi connectivity index (χ2v) is 8.79. The van der Waals surface area contributed by atoms with Crippen LogP contribution in [0.3, 0.4) is 0 Å². The van der Waals surface area contributed by atoms with Crippen LogP contribution in [0.25, 0.3) is 6.08 Å². The van der Waals surface area contributed by atoms with Crippen molar-refractivity contribution < 1.29 is 28.7 Å². The predicted octanol–water partition coefficient (Wildman–Crippen LogP) is 4.83. The predicted molar refractivity (Wildman–Crippen MR) is 134 cm³/mol. The van der Waals surface area contributed by atoms with Crippen molar-refractivity contribution in [2.45, 2.75) is 32.6 Å². The first kappa shape index (κ1) is 26.4. The third-order valence-electron chi connectivity index (χ3n) is 5.39. The van der Waals surface area contributed by atoms with E-state index in [2.05, 4.69) is 11.9 Å². The number of carbonyl (C=O) groups excluding carboxylic acids is 2. The molecule has 0 unspecified atom stereocenters. The van der Waals surface area contributed by atoms with Crippen LogP contribution in [0.5, 0.6) is 11.5 Å². The van der Waals surface area contributed by atoms with Crippen LogP contribution in [-0.4, -0.2) is 37.1 Å². The molecule has 11 heteroatoms. The summed E-state index contributed by atoms with van der Waals surface area (Å²) in [6.45, 7) is 5.52. The zero-order valence-corrected chi connectivity index (χ0v) is 20.7. The molecule has 0 saturated heterocycles. The minimum atomic E-state index is -0.776. The summed E-state index contributed by atoms with van der Waals surface area (Å²) in [5.74, 6) is -1.13. The van der Waals surface area contributed by atoms with Gasteiger partial charge in [0.05, 0.1) is 30.3 Å². The maximum atomic E-state index is 13.1. The SMILES string of the molecule is C=CCOc1c(C=C(C#N)C(=O)Nc2sc3c(c2C(=O)OCC)CCCC3)cc([N+](=O)[O-])cc1OC. The van der Waals surface area contributed by atoms with Gasteiger partial charge in [-0.3, -0.25) is 14.9 Å². The second kappa shape index (κ2) is 12.0. The van der Waals surface area contributed by atoms with Gasteiger partial charge < -0.3 is 19.5 Å². The van der Waals surface area contributed by atoms with Gasteiger partial charge in [-0.25, -0.2) is 4.79 Å². The lowest BCUT2D eigenvalue weighted by atomic mass is 9.95. The molecule has 0 saturated carbocycles. The van der Waals surface area contributed by atoms with Crippen molar-refractivity contribution in [1.82, 2.24) is 0 Å². The summed E-state index contributed by atoms with van der Waals surface area (Å²) in [6.07, 6.45) is 6.06. The van der Waals surface area contributed by atoms with Crippen LogP contribution in [0, 0.1) is 21.4 Å². The fraction of sp³-hybridized carbons (Fsp3) is 0.320. The number of anilines is 1. The largest absolute Gasteiger partial charge is 0.493 e. The summed E-state index contributed by atoms with van der Waals surface area (Å²) in [4.78, 5) is 37.6. The Balaban J connectivity index is 2.04. The third-order valence-corrected chi connectivity index (χ3v) is 6.59. The molecule has 1 N–H and O–H groups in total. The van der Waals surface area contributed by atoms with Gasteiger partial charge in [0.25, 0.3) is 11.6 Å². The molecule has 0 radical (unpaired) electrons. The van der Waals surface area contributed by atoms with E-state index in [0.29, 0.717) is 17.0 Å². The van der Waals surface area contributed by atoms with Crippen molar-refractivity contribution in [2.75, 3.05) is 25.6 Å². The van der Waals surface area contributed by atoms with Gasteiger partial charge in [0, 0.05) is 16.5 Å². The highest BCUT2D eigenvalue weighted by atomic mass is 32.1. The molecule has 0 atom stereocenters. The summed E-state index contributed by atoms with van der Waals surface area (Å²) in [5, 5.41) is 24.1. The van der Waals surface area contributed by atoms with Crippen molar-refractivity contribution in [2.24, 2.45) is 0 Å². The summed E-state index contributed by atoms with van der Waals surface area (Å²) < 4.78 is 16.0. The first-order chi connectivity index (χ1) is 17.3. The number of nitro benzene ring substituents is 1. The molecule has 0 aliphatic heterocycles. The normalized spacial score (nSPS) is 12.6. The lowest BCUT2D eigenvalue weighted by Crippen LogP contribution is -2.16. The number of rotatable bonds is 10. The molecule has 36 heavy (non-hydrogen) atoms. The van der Waals surface area contributed by atoms with Crippen molar-refractivity contribution in [1.29, 1.82) is 5.26 Å². The number of carbonyl (C=O) groups is 2. The molecule has 1 aromatic heterocycles. The molecule has 1 amide bonds. The van der Waals surface area contributed by atoms with Crippen LogP contribution in [0.1, 0.15) is 46.1 Å². The van der Waals surface area contributed by atoms with Gasteiger partial charge in [-0.2, -0.15) is 5.26 Å². The van der Waals surface area contributed by atoms with Gasteiger partial charge in [-0.05, 0) is 44.2 Å². The Hall–Kier alpha value is -4.17. The molecular formula is C25H25N3O7S. The van der Waals surface area contributed by atoms with Crippen LogP contribution in [0.2, 0.25) is 0 Å². The molecule has 0 spiro atoms. The van der Waals surface area contributed by atoms with Crippen LogP contribution < -0.4 is 14.8 Å². The minimum Gasteiger partial charge on any atom is -0.493 e. The molecule has 1 aliphatic rings. The van der Waals surface area contributed by atoms with Gasteiger partial charge in [-0.15, -0.1) is 11.3 Å². The topological polar surface area (TPSA) is 141 Å². The smallest absolute Gasteiger partial charge is 0.341 e. The Morgan fingerprint density at radius 3 is 2.72 bits per heavy atom. The van der Waals surface area contributed by atoms with Crippen molar-refractivity contribution >= 4 is 40.0 Å². The standard InChI is InChI=1S/C25H25N3O7S/c1-4-10-35-22-15(12-17(28(31)32)13-19(22)33-3)11-16(14-26)23(29)27-24-21(25(30)34-5-2)18-8-6-7-9-20(18)36-24/h4,11-13H,1,5-10H2,2-3H3,(H,27,29). The minimum absolute atomic E-state index is 0.0607. The average Bonchev–Trinajstić information content (AvgIpc) is 3.23. The Kier molecular flexibility index (Phi) is 8.81. The maximum Gasteiger partial charge on any atom is 0.341 e. The zero-order chi connectivity index (χ0) is 26.2. The number of nitrogens with zero attached hydrogens (tertiary/aromatic N) is 2. The van der Waals surface area contributed by atoms with E-state index >= 15 is 0 Å². The summed E-state index contributed by atoms with van der Waals surface area (Å²) in [5.41, 5.74) is 0.630. The first-order valence-corrected chi connectivity index (χ1v) is 12.0. The molecule has 1 aromatic carbocycles. The summed E-state index contributed by atoms with van der Waals surface area (Å²) in [7, 11) is 1.32. The quantitative estimate of drug-likeness (QED) is 0.119. The van der Waals surface area contributed by atoms with Gasteiger partial charge in [0.1, 0.15) is 23.3 Å². The zero-order valence-electron chi connectivity index (χ0n) is 19.9. The average molecular weight is 512 g/mol. The van der Waals surface area contributed by atoms with Gasteiger partial charge >= 0.3 is 5.97 Å². The van der Waals surface area contributed by atoms with E-state index in [1.165, 1.54) is 42.7 Å². The molecular weight excluding hydrogens is 486 g/mol. The van der Waals surface area contributed by atoms with Gasteiger partial charge in [-0.1, -0.05) is 12.7 Å². The number of ether oxygens (including phenoxy) is 3. The van der Waals surface area contributed by atoms with E-state index in [4.69, 9.17) is 14.2 Å². The molecule has 2 aromatic rings. The number of aryl methyl sites for hydroxylation is 1. The number of amides is 1. The summed E-state index contributed by atoms with van der Waals surface area (Å²) in [6, 6.07) is 4.19. The van der Waals surface area contributed by atoms with E-state index in [1.807, 2.05) is 6.07 Å². The number of benzene rings is 1. The van der Waals surface area contributed by atoms with Gasteiger partial charge in [0.2, 0.25) is 0 Å².